The third-order valence-corrected chi connectivity index (χ3v) is 3.26. The van der Waals surface area contributed by atoms with E-state index in [-0.39, 0.29) is 5.78 Å². The lowest BCUT2D eigenvalue weighted by Gasteiger charge is -2.20. The number of anilines is 1. The second-order valence-electron chi connectivity index (χ2n) is 4.43. The number of nitrogens with one attached hydrogen (secondary N) is 1. The van der Waals surface area contributed by atoms with Gasteiger partial charge in [0.15, 0.2) is 5.78 Å². The fourth-order valence-electron chi connectivity index (χ4n) is 2.38. The number of hydrogen-bond acceptors (Lipinski definition) is 3. The minimum Gasteiger partial charge on any atom is -0.385 e. The van der Waals surface area contributed by atoms with Crippen LogP contribution >= 0.6 is 0 Å². The zero-order chi connectivity index (χ0) is 12.4. The first kappa shape index (κ1) is 11.0. The van der Waals surface area contributed by atoms with E-state index in [1.165, 1.54) is 0 Å². The molecule has 90 valence electrons. The first-order valence-electron chi connectivity index (χ1n) is 6.17. The van der Waals surface area contributed by atoms with Crippen molar-refractivity contribution in [2.24, 2.45) is 0 Å². The average Bonchev–Trinajstić information content (AvgIpc) is 2.47. The molecule has 0 fully saturated rings. The highest BCUT2D eigenvalue weighted by Crippen LogP contribution is 2.26. The summed E-state index contributed by atoms with van der Waals surface area (Å²) >= 11 is 0. The summed E-state index contributed by atoms with van der Waals surface area (Å²) in [6, 6.07) is 9.47. The first-order valence-corrected chi connectivity index (χ1v) is 6.17. The standard InChI is InChI=1S/C15H14N2O/c18-15(11-4-2-8-16-10-11)13-5-1-7-14-12(13)6-3-9-17-14/h1-2,4-5,7-8,10,17H,3,6,9H2. The van der Waals surface area contributed by atoms with Crippen LogP contribution in [0.25, 0.3) is 0 Å². The number of carbonyl (C=O) groups excluding carboxylic acids is 1. The average molecular weight is 238 g/mol. The predicted octanol–water partition coefficient (Wildman–Crippen LogP) is 2.67. The first-order chi connectivity index (χ1) is 8.86. The molecule has 0 unspecified atom stereocenters. The van der Waals surface area contributed by atoms with Crippen LogP contribution in [0.15, 0.2) is 42.7 Å². The van der Waals surface area contributed by atoms with E-state index in [0.29, 0.717) is 5.56 Å². The minimum absolute atomic E-state index is 0.0589. The third kappa shape index (κ3) is 1.88. The van der Waals surface area contributed by atoms with E-state index in [1.54, 1.807) is 18.5 Å². The monoisotopic (exact) mass is 238 g/mol. The number of rotatable bonds is 2. The van der Waals surface area contributed by atoms with Gasteiger partial charge in [-0.25, -0.2) is 0 Å². The number of nitrogens with zero attached hydrogens (tertiary/aromatic N) is 1. The molecule has 1 N–H and O–H groups in total. The molecule has 1 aromatic heterocycles. The highest BCUT2D eigenvalue weighted by molar-refractivity contribution is 6.10. The summed E-state index contributed by atoms with van der Waals surface area (Å²) in [5, 5.41) is 3.34. The zero-order valence-electron chi connectivity index (χ0n) is 10.0. The number of ketones is 1. The number of benzene rings is 1. The van der Waals surface area contributed by atoms with Crippen LogP contribution in [0.1, 0.15) is 27.9 Å². The Labute approximate surface area is 106 Å². The zero-order valence-corrected chi connectivity index (χ0v) is 10.0. The Morgan fingerprint density at radius 3 is 3.00 bits per heavy atom. The Morgan fingerprint density at radius 1 is 1.22 bits per heavy atom. The molecule has 18 heavy (non-hydrogen) atoms. The minimum atomic E-state index is 0.0589. The topological polar surface area (TPSA) is 42.0 Å². The lowest BCUT2D eigenvalue weighted by Crippen LogP contribution is -2.16. The van der Waals surface area contributed by atoms with Gasteiger partial charge in [0.05, 0.1) is 0 Å². The van der Waals surface area contributed by atoms with Crippen LogP contribution in [0.3, 0.4) is 0 Å². The second kappa shape index (κ2) is 4.61. The molecule has 0 bridgehead atoms. The molecule has 0 amide bonds. The van der Waals surface area contributed by atoms with Crippen molar-refractivity contribution in [3.63, 3.8) is 0 Å². The molecule has 1 aliphatic heterocycles. The Bertz CT molecular complexity index is 578. The molecular weight excluding hydrogens is 224 g/mol. The summed E-state index contributed by atoms with van der Waals surface area (Å²) in [5.74, 6) is 0.0589. The number of pyridine rings is 1. The normalized spacial score (nSPS) is 13.6. The van der Waals surface area contributed by atoms with Gasteiger partial charge < -0.3 is 5.32 Å². The van der Waals surface area contributed by atoms with Crippen molar-refractivity contribution in [1.29, 1.82) is 0 Å². The van der Waals surface area contributed by atoms with Crippen molar-refractivity contribution < 1.29 is 4.79 Å². The van der Waals surface area contributed by atoms with E-state index in [2.05, 4.69) is 10.3 Å². The Morgan fingerprint density at radius 2 is 2.17 bits per heavy atom. The summed E-state index contributed by atoms with van der Waals surface area (Å²) in [5.41, 5.74) is 3.68. The summed E-state index contributed by atoms with van der Waals surface area (Å²) in [7, 11) is 0. The van der Waals surface area contributed by atoms with Crippen LogP contribution in [0, 0.1) is 0 Å². The van der Waals surface area contributed by atoms with Crippen molar-refractivity contribution in [3.05, 3.63) is 59.4 Å². The maximum atomic E-state index is 12.5. The molecule has 0 atom stereocenters. The van der Waals surface area contributed by atoms with Gasteiger partial charge in [-0.05, 0) is 36.6 Å². The molecule has 2 heterocycles. The van der Waals surface area contributed by atoms with E-state index in [4.69, 9.17) is 0 Å². The van der Waals surface area contributed by atoms with Crippen LogP contribution in [-0.2, 0) is 6.42 Å². The van der Waals surface area contributed by atoms with E-state index < -0.39 is 0 Å². The molecule has 0 aliphatic carbocycles. The lowest BCUT2D eigenvalue weighted by molar-refractivity contribution is 0.103. The smallest absolute Gasteiger partial charge is 0.194 e. The largest absolute Gasteiger partial charge is 0.385 e. The van der Waals surface area contributed by atoms with Crippen molar-refractivity contribution in [1.82, 2.24) is 4.98 Å². The Hall–Kier alpha value is -2.16. The summed E-state index contributed by atoms with van der Waals surface area (Å²) < 4.78 is 0. The van der Waals surface area contributed by atoms with E-state index in [0.717, 1.165) is 36.2 Å². The van der Waals surface area contributed by atoms with Gasteiger partial charge in [0.1, 0.15) is 0 Å². The lowest BCUT2D eigenvalue weighted by atomic mass is 9.93. The van der Waals surface area contributed by atoms with Crippen LogP contribution < -0.4 is 5.32 Å². The molecule has 1 aromatic carbocycles. The molecule has 0 saturated heterocycles. The van der Waals surface area contributed by atoms with Crippen LogP contribution in [0.2, 0.25) is 0 Å². The Balaban J connectivity index is 2.05. The molecule has 1 aliphatic rings. The Kier molecular flexibility index (Phi) is 2.81. The van der Waals surface area contributed by atoms with Gasteiger partial charge in [0.25, 0.3) is 0 Å². The van der Waals surface area contributed by atoms with Gasteiger partial charge in [-0.3, -0.25) is 9.78 Å². The fourth-order valence-corrected chi connectivity index (χ4v) is 2.38. The van der Waals surface area contributed by atoms with Gasteiger partial charge in [0, 0.05) is 35.8 Å². The summed E-state index contributed by atoms with van der Waals surface area (Å²) in [6.07, 6.45) is 5.34. The van der Waals surface area contributed by atoms with Crippen molar-refractivity contribution in [2.45, 2.75) is 12.8 Å². The number of hydrogen-bond donors (Lipinski definition) is 1. The van der Waals surface area contributed by atoms with Crippen molar-refractivity contribution >= 4 is 11.5 Å². The summed E-state index contributed by atoms with van der Waals surface area (Å²) in [6.45, 7) is 0.984. The number of carbonyl (C=O) groups is 1. The predicted molar refractivity (Wildman–Crippen MR) is 70.9 cm³/mol. The van der Waals surface area contributed by atoms with Crippen LogP contribution in [0.4, 0.5) is 5.69 Å². The molecule has 0 radical (unpaired) electrons. The highest BCUT2D eigenvalue weighted by atomic mass is 16.1. The number of aromatic nitrogens is 1. The maximum absolute atomic E-state index is 12.5. The van der Waals surface area contributed by atoms with Gasteiger partial charge in [-0.15, -0.1) is 0 Å². The van der Waals surface area contributed by atoms with Gasteiger partial charge >= 0.3 is 0 Å². The van der Waals surface area contributed by atoms with Crippen molar-refractivity contribution in [3.8, 4) is 0 Å². The maximum Gasteiger partial charge on any atom is 0.194 e. The molecule has 2 aromatic rings. The second-order valence-corrected chi connectivity index (χ2v) is 4.43. The molecule has 0 spiro atoms. The fraction of sp³-hybridized carbons (Fsp3) is 0.200. The molecule has 3 heteroatoms. The third-order valence-electron chi connectivity index (χ3n) is 3.26. The molecular formula is C15H14N2O. The quantitative estimate of drug-likeness (QED) is 0.818. The van der Waals surface area contributed by atoms with Crippen molar-refractivity contribution in [2.75, 3.05) is 11.9 Å². The van der Waals surface area contributed by atoms with Gasteiger partial charge in [-0.2, -0.15) is 0 Å². The van der Waals surface area contributed by atoms with E-state index >= 15 is 0 Å². The molecule has 3 rings (SSSR count). The van der Waals surface area contributed by atoms with E-state index in [1.807, 2.05) is 24.3 Å². The number of fused-ring (bicyclic) bond motifs is 1. The SMILES string of the molecule is O=C(c1cccnc1)c1cccc2c1CCCN2. The van der Waals surface area contributed by atoms with E-state index in [9.17, 15) is 4.79 Å². The summed E-state index contributed by atoms with van der Waals surface area (Å²) in [4.78, 5) is 16.5. The van der Waals surface area contributed by atoms with Gasteiger partial charge in [0.2, 0.25) is 0 Å². The molecule has 3 nitrogen and oxygen atoms in total. The van der Waals surface area contributed by atoms with Gasteiger partial charge in [-0.1, -0.05) is 12.1 Å². The molecule has 0 saturated carbocycles. The highest BCUT2D eigenvalue weighted by Gasteiger charge is 2.18. The van der Waals surface area contributed by atoms with Crippen LogP contribution in [0.5, 0.6) is 0 Å². The van der Waals surface area contributed by atoms with Crippen LogP contribution in [-0.4, -0.2) is 17.3 Å².